The Labute approximate surface area is 102 Å². The van der Waals surface area contributed by atoms with E-state index < -0.39 is 0 Å². The molecule has 2 aromatic rings. The molecule has 0 amide bonds. The zero-order valence-electron chi connectivity index (χ0n) is 8.39. The highest BCUT2D eigenvalue weighted by Gasteiger charge is 2.01. The van der Waals surface area contributed by atoms with Gasteiger partial charge in [0.15, 0.2) is 6.29 Å². The van der Waals surface area contributed by atoms with Crippen LogP contribution in [0, 0.1) is 0 Å². The minimum Gasteiger partial charge on any atom is -0.457 e. The first kappa shape index (κ1) is 10.9. The molecule has 2 nitrogen and oxygen atoms in total. The number of benzene rings is 2. The van der Waals surface area contributed by atoms with E-state index in [1.807, 2.05) is 30.3 Å². The van der Waals surface area contributed by atoms with Crippen molar-refractivity contribution in [2.75, 3.05) is 0 Å². The number of carbonyl (C=O) groups excluding carboxylic acids is 1. The first-order valence-corrected chi connectivity index (χ1v) is 5.56. The van der Waals surface area contributed by atoms with Crippen LogP contribution in [0.1, 0.15) is 10.4 Å². The second-order valence-corrected chi connectivity index (χ2v) is 4.07. The van der Waals surface area contributed by atoms with Crippen LogP contribution in [0.4, 0.5) is 0 Å². The molecule has 16 heavy (non-hydrogen) atoms. The Bertz CT molecular complexity index is 495. The summed E-state index contributed by atoms with van der Waals surface area (Å²) >= 11 is 3.31. The van der Waals surface area contributed by atoms with Crippen LogP contribution in [0.2, 0.25) is 0 Å². The Morgan fingerprint density at radius 3 is 2.38 bits per heavy atom. The summed E-state index contributed by atoms with van der Waals surface area (Å²) in [5.74, 6) is 1.47. The van der Waals surface area contributed by atoms with E-state index in [1.165, 1.54) is 0 Å². The fourth-order valence-electron chi connectivity index (χ4n) is 1.29. The topological polar surface area (TPSA) is 26.3 Å². The minimum atomic E-state index is 0.611. The molecule has 0 N–H and O–H groups in total. The summed E-state index contributed by atoms with van der Waals surface area (Å²) < 4.78 is 6.35. The van der Waals surface area contributed by atoms with Crippen LogP contribution in [0.5, 0.6) is 11.5 Å². The van der Waals surface area contributed by atoms with E-state index in [4.69, 9.17) is 4.74 Å². The lowest BCUT2D eigenvalue weighted by Crippen LogP contribution is -1.86. The smallest absolute Gasteiger partial charge is 0.151 e. The highest BCUT2D eigenvalue weighted by Crippen LogP contribution is 2.26. The fraction of sp³-hybridized carbons (Fsp3) is 0. The summed E-state index contributed by atoms with van der Waals surface area (Å²) in [5, 5.41) is 0. The van der Waals surface area contributed by atoms with Crippen LogP contribution in [-0.4, -0.2) is 6.29 Å². The lowest BCUT2D eigenvalue weighted by molar-refractivity contribution is 0.112. The summed E-state index contributed by atoms with van der Waals surface area (Å²) in [6, 6.07) is 14.8. The number of para-hydroxylation sites is 1. The van der Waals surface area contributed by atoms with Gasteiger partial charge in [-0.05, 0) is 46.3 Å². The summed E-state index contributed by atoms with van der Waals surface area (Å²) in [5.41, 5.74) is 0.611. The van der Waals surface area contributed by atoms with Crippen molar-refractivity contribution < 1.29 is 9.53 Å². The van der Waals surface area contributed by atoms with Crippen molar-refractivity contribution in [3.8, 4) is 11.5 Å². The first-order valence-electron chi connectivity index (χ1n) is 4.77. The van der Waals surface area contributed by atoms with E-state index in [0.29, 0.717) is 11.3 Å². The van der Waals surface area contributed by atoms with Crippen molar-refractivity contribution in [1.29, 1.82) is 0 Å². The zero-order valence-corrected chi connectivity index (χ0v) is 9.98. The lowest BCUT2D eigenvalue weighted by atomic mass is 10.2. The number of halogens is 1. The molecular formula is C13H9BrO2. The van der Waals surface area contributed by atoms with Crippen LogP contribution in [0.15, 0.2) is 53.0 Å². The van der Waals surface area contributed by atoms with Gasteiger partial charge in [0.05, 0.1) is 0 Å². The fourth-order valence-corrected chi connectivity index (χ4v) is 1.74. The van der Waals surface area contributed by atoms with Gasteiger partial charge < -0.3 is 4.74 Å². The summed E-state index contributed by atoms with van der Waals surface area (Å²) in [6.07, 6.45) is 0.802. The van der Waals surface area contributed by atoms with Gasteiger partial charge in [-0.1, -0.05) is 18.2 Å². The Kier molecular flexibility index (Phi) is 3.37. The van der Waals surface area contributed by atoms with E-state index in [1.54, 1.807) is 18.2 Å². The van der Waals surface area contributed by atoms with Crippen LogP contribution >= 0.6 is 15.9 Å². The lowest BCUT2D eigenvalue weighted by Gasteiger charge is -2.06. The molecule has 0 aliphatic heterocycles. The third-order valence-corrected chi connectivity index (χ3v) is 2.76. The van der Waals surface area contributed by atoms with Crippen LogP contribution in [-0.2, 0) is 0 Å². The Morgan fingerprint density at radius 1 is 1.00 bits per heavy atom. The minimum absolute atomic E-state index is 0.611. The van der Waals surface area contributed by atoms with Gasteiger partial charge >= 0.3 is 0 Å². The number of hydrogen-bond donors (Lipinski definition) is 0. The average Bonchev–Trinajstić information content (AvgIpc) is 2.31. The molecule has 0 aliphatic carbocycles. The maximum atomic E-state index is 10.6. The van der Waals surface area contributed by atoms with Crippen molar-refractivity contribution >= 4 is 22.2 Å². The van der Waals surface area contributed by atoms with E-state index in [2.05, 4.69) is 15.9 Å². The quantitative estimate of drug-likeness (QED) is 0.791. The number of rotatable bonds is 3. The van der Waals surface area contributed by atoms with Crippen LogP contribution in [0.3, 0.4) is 0 Å². The van der Waals surface area contributed by atoms with Crippen molar-refractivity contribution in [2.24, 2.45) is 0 Å². The molecule has 0 radical (unpaired) electrons. The van der Waals surface area contributed by atoms with Gasteiger partial charge in [-0.2, -0.15) is 0 Å². The third-order valence-electron chi connectivity index (χ3n) is 2.08. The molecule has 0 atom stereocenters. The van der Waals surface area contributed by atoms with Crippen molar-refractivity contribution in [2.45, 2.75) is 0 Å². The van der Waals surface area contributed by atoms with Gasteiger partial charge in [-0.25, -0.2) is 0 Å². The zero-order chi connectivity index (χ0) is 11.4. The van der Waals surface area contributed by atoms with Gasteiger partial charge in [0.1, 0.15) is 11.5 Å². The molecule has 0 fully saturated rings. The van der Waals surface area contributed by atoms with Gasteiger partial charge in [-0.3, -0.25) is 4.79 Å². The molecular weight excluding hydrogens is 268 g/mol. The van der Waals surface area contributed by atoms with Gasteiger partial charge in [0.25, 0.3) is 0 Å². The van der Waals surface area contributed by atoms with E-state index in [9.17, 15) is 4.79 Å². The van der Waals surface area contributed by atoms with Crippen molar-refractivity contribution in [3.05, 3.63) is 58.6 Å². The Balaban J connectivity index is 2.23. The Hall–Kier alpha value is -1.61. The van der Waals surface area contributed by atoms with Gasteiger partial charge in [0.2, 0.25) is 0 Å². The molecule has 0 bridgehead atoms. The van der Waals surface area contributed by atoms with E-state index >= 15 is 0 Å². The number of ether oxygens (including phenoxy) is 1. The maximum absolute atomic E-state index is 10.6. The standard InChI is InChI=1S/C13H9BrO2/c14-13-8-12(7-6-10(13)9-15)16-11-4-2-1-3-5-11/h1-9H. The van der Waals surface area contributed by atoms with Crippen LogP contribution in [0.25, 0.3) is 0 Å². The average molecular weight is 277 g/mol. The normalized spacial score (nSPS) is 9.81. The predicted octanol–water partition coefficient (Wildman–Crippen LogP) is 4.05. The second-order valence-electron chi connectivity index (χ2n) is 3.22. The largest absolute Gasteiger partial charge is 0.457 e. The molecule has 2 aromatic carbocycles. The molecule has 0 spiro atoms. The molecule has 2 rings (SSSR count). The maximum Gasteiger partial charge on any atom is 0.151 e. The monoisotopic (exact) mass is 276 g/mol. The molecule has 0 saturated heterocycles. The van der Waals surface area contributed by atoms with Gasteiger partial charge in [0, 0.05) is 10.0 Å². The molecule has 3 heteroatoms. The third kappa shape index (κ3) is 2.49. The molecule has 0 heterocycles. The predicted molar refractivity (Wildman–Crippen MR) is 66.0 cm³/mol. The van der Waals surface area contributed by atoms with Crippen LogP contribution < -0.4 is 4.74 Å². The number of carbonyl (C=O) groups is 1. The summed E-state index contributed by atoms with van der Waals surface area (Å²) in [7, 11) is 0. The second kappa shape index (κ2) is 4.94. The molecule has 0 aromatic heterocycles. The summed E-state index contributed by atoms with van der Waals surface area (Å²) in [4.78, 5) is 10.6. The van der Waals surface area contributed by atoms with E-state index in [0.717, 1.165) is 16.5 Å². The van der Waals surface area contributed by atoms with E-state index in [-0.39, 0.29) is 0 Å². The number of hydrogen-bond acceptors (Lipinski definition) is 2. The SMILES string of the molecule is O=Cc1ccc(Oc2ccccc2)cc1Br. The summed E-state index contributed by atoms with van der Waals surface area (Å²) in [6.45, 7) is 0. The van der Waals surface area contributed by atoms with Crippen molar-refractivity contribution in [1.82, 2.24) is 0 Å². The first-order chi connectivity index (χ1) is 7.79. The Morgan fingerprint density at radius 2 is 1.75 bits per heavy atom. The van der Waals surface area contributed by atoms with Gasteiger partial charge in [-0.15, -0.1) is 0 Å². The number of aldehydes is 1. The highest BCUT2D eigenvalue weighted by atomic mass is 79.9. The van der Waals surface area contributed by atoms with Crippen molar-refractivity contribution in [3.63, 3.8) is 0 Å². The molecule has 0 unspecified atom stereocenters. The molecule has 0 aliphatic rings. The highest BCUT2D eigenvalue weighted by molar-refractivity contribution is 9.10. The molecule has 80 valence electrons. The molecule has 0 saturated carbocycles.